The highest BCUT2D eigenvalue weighted by Gasteiger charge is 2.26. The van der Waals surface area contributed by atoms with Gasteiger partial charge >= 0.3 is 5.97 Å². The van der Waals surface area contributed by atoms with Crippen LogP contribution in [0.2, 0.25) is 0 Å². The lowest BCUT2D eigenvalue weighted by atomic mass is 9.92. The second-order valence-electron chi connectivity index (χ2n) is 3.51. The van der Waals surface area contributed by atoms with Crippen LogP contribution < -0.4 is 0 Å². The van der Waals surface area contributed by atoms with Crippen molar-refractivity contribution in [3.63, 3.8) is 0 Å². The van der Waals surface area contributed by atoms with E-state index in [0.717, 1.165) is 5.56 Å². The van der Waals surface area contributed by atoms with Crippen LogP contribution >= 0.6 is 0 Å². The van der Waals surface area contributed by atoms with Gasteiger partial charge in [-0.2, -0.15) is 0 Å². The highest BCUT2D eigenvalue weighted by molar-refractivity contribution is 6.03. The van der Waals surface area contributed by atoms with Gasteiger partial charge in [-0.1, -0.05) is 36.8 Å². The van der Waals surface area contributed by atoms with Gasteiger partial charge in [0.1, 0.15) is 5.92 Å². The zero-order valence-corrected chi connectivity index (χ0v) is 8.86. The fourth-order valence-electron chi connectivity index (χ4n) is 1.52. The van der Waals surface area contributed by atoms with Crippen LogP contribution in [-0.4, -0.2) is 16.9 Å². The molecule has 1 unspecified atom stereocenters. The Kier molecular flexibility index (Phi) is 3.61. The second-order valence-corrected chi connectivity index (χ2v) is 3.51. The third-order valence-electron chi connectivity index (χ3n) is 2.29. The Hall–Kier alpha value is -1.64. The van der Waals surface area contributed by atoms with Crippen LogP contribution in [0.5, 0.6) is 0 Å². The van der Waals surface area contributed by atoms with Gasteiger partial charge in [0.25, 0.3) is 0 Å². The summed E-state index contributed by atoms with van der Waals surface area (Å²) in [4.78, 5) is 22.5. The number of Topliss-reactive ketones (excluding diaryl/α,β-unsaturated/α-hetero) is 1. The smallest absolute Gasteiger partial charge is 0.318 e. The summed E-state index contributed by atoms with van der Waals surface area (Å²) in [5.74, 6) is -2.35. The Morgan fingerprint density at radius 2 is 2.07 bits per heavy atom. The molecule has 0 saturated carbocycles. The van der Waals surface area contributed by atoms with E-state index in [9.17, 15) is 9.59 Å². The summed E-state index contributed by atoms with van der Waals surface area (Å²) in [5, 5.41) is 9.00. The van der Waals surface area contributed by atoms with Crippen molar-refractivity contribution in [2.24, 2.45) is 0 Å². The normalized spacial score (nSPS) is 12.1. The molecule has 0 radical (unpaired) electrons. The molecule has 80 valence electrons. The zero-order chi connectivity index (χ0) is 11.4. The van der Waals surface area contributed by atoms with E-state index in [1.54, 1.807) is 25.1 Å². The average Bonchev–Trinajstić information content (AvgIpc) is 2.17. The maximum Gasteiger partial charge on any atom is 0.318 e. The maximum absolute atomic E-state index is 11.5. The number of aliphatic carboxylic acids is 1. The van der Waals surface area contributed by atoms with E-state index in [1.165, 1.54) is 0 Å². The summed E-state index contributed by atoms with van der Waals surface area (Å²) >= 11 is 0. The molecule has 3 nitrogen and oxygen atoms in total. The number of rotatable bonds is 4. The molecule has 15 heavy (non-hydrogen) atoms. The molecule has 3 heteroatoms. The first-order valence-electron chi connectivity index (χ1n) is 4.88. The van der Waals surface area contributed by atoms with E-state index in [0.29, 0.717) is 5.56 Å². The van der Waals surface area contributed by atoms with Crippen molar-refractivity contribution in [1.29, 1.82) is 0 Å². The number of carbonyl (C=O) groups excluding carboxylic acids is 1. The van der Waals surface area contributed by atoms with Crippen molar-refractivity contribution in [1.82, 2.24) is 0 Å². The van der Waals surface area contributed by atoms with Crippen LogP contribution in [0.15, 0.2) is 24.3 Å². The molecule has 1 rings (SSSR count). The standard InChI is InChI=1S/C12H14O3/c1-3-10(13)11(12(14)15)9-6-4-5-8(2)7-9/h4-7,11H,3H2,1-2H3,(H,14,15). The molecular weight excluding hydrogens is 192 g/mol. The summed E-state index contributed by atoms with van der Waals surface area (Å²) < 4.78 is 0. The van der Waals surface area contributed by atoms with Gasteiger partial charge in [-0.25, -0.2) is 0 Å². The highest BCUT2D eigenvalue weighted by atomic mass is 16.4. The van der Waals surface area contributed by atoms with Crippen LogP contribution in [0.25, 0.3) is 0 Å². The van der Waals surface area contributed by atoms with Gasteiger partial charge in [-0.15, -0.1) is 0 Å². The third kappa shape index (κ3) is 2.65. The molecule has 1 aromatic rings. The van der Waals surface area contributed by atoms with Crippen molar-refractivity contribution < 1.29 is 14.7 Å². The Labute approximate surface area is 88.7 Å². The minimum Gasteiger partial charge on any atom is -0.480 e. The van der Waals surface area contributed by atoms with Gasteiger partial charge < -0.3 is 5.11 Å². The van der Waals surface area contributed by atoms with Gasteiger partial charge in [-0.3, -0.25) is 9.59 Å². The van der Waals surface area contributed by atoms with Crippen molar-refractivity contribution in [2.75, 3.05) is 0 Å². The number of hydrogen-bond donors (Lipinski definition) is 1. The Morgan fingerprint density at radius 3 is 2.53 bits per heavy atom. The first-order valence-corrected chi connectivity index (χ1v) is 4.88. The molecule has 0 amide bonds. The molecule has 0 fully saturated rings. The van der Waals surface area contributed by atoms with E-state index < -0.39 is 11.9 Å². The van der Waals surface area contributed by atoms with E-state index in [-0.39, 0.29) is 12.2 Å². The average molecular weight is 206 g/mol. The predicted molar refractivity (Wildman–Crippen MR) is 56.9 cm³/mol. The van der Waals surface area contributed by atoms with Gasteiger partial charge in [-0.05, 0) is 12.5 Å². The fraction of sp³-hybridized carbons (Fsp3) is 0.333. The molecule has 0 saturated heterocycles. The lowest BCUT2D eigenvalue weighted by Crippen LogP contribution is -2.20. The zero-order valence-electron chi connectivity index (χ0n) is 8.86. The molecule has 0 aliphatic heterocycles. The fourth-order valence-corrected chi connectivity index (χ4v) is 1.52. The first-order chi connectivity index (χ1) is 7.06. The number of aryl methyl sites for hydroxylation is 1. The Morgan fingerprint density at radius 1 is 1.40 bits per heavy atom. The summed E-state index contributed by atoms with van der Waals surface area (Å²) in [6, 6.07) is 7.06. The number of carbonyl (C=O) groups is 2. The van der Waals surface area contributed by atoms with E-state index >= 15 is 0 Å². The number of benzene rings is 1. The molecule has 0 aliphatic rings. The summed E-state index contributed by atoms with van der Waals surface area (Å²) in [6.45, 7) is 3.55. The molecule has 0 bridgehead atoms. The lowest BCUT2D eigenvalue weighted by Gasteiger charge is -2.10. The predicted octanol–water partition coefficient (Wildman–Crippen LogP) is 2.14. The minimum atomic E-state index is -1.08. The SMILES string of the molecule is CCC(=O)C(C(=O)O)c1cccc(C)c1. The summed E-state index contributed by atoms with van der Waals surface area (Å²) in [5.41, 5.74) is 1.53. The summed E-state index contributed by atoms with van der Waals surface area (Å²) in [6.07, 6.45) is 0.241. The third-order valence-corrected chi connectivity index (χ3v) is 2.29. The Bertz CT molecular complexity index is 382. The van der Waals surface area contributed by atoms with Crippen molar-refractivity contribution in [2.45, 2.75) is 26.2 Å². The maximum atomic E-state index is 11.5. The molecule has 0 spiro atoms. The lowest BCUT2D eigenvalue weighted by molar-refractivity contribution is -0.142. The molecule has 0 aromatic heterocycles. The largest absolute Gasteiger partial charge is 0.480 e. The molecule has 1 atom stereocenters. The van der Waals surface area contributed by atoms with E-state index in [2.05, 4.69) is 0 Å². The van der Waals surface area contributed by atoms with Gasteiger partial charge in [0.2, 0.25) is 0 Å². The van der Waals surface area contributed by atoms with Crippen molar-refractivity contribution in [3.05, 3.63) is 35.4 Å². The summed E-state index contributed by atoms with van der Waals surface area (Å²) in [7, 11) is 0. The van der Waals surface area contributed by atoms with Gasteiger partial charge in [0.05, 0.1) is 0 Å². The van der Waals surface area contributed by atoms with E-state index in [1.807, 2.05) is 13.0 Å². The molecule has 0 heterocycles. The van der Waals surface area contributed by atoms with Crippen LogP contribution in [0, 0.1) is 6.92 Å². The van der Waals surface area contributed by atoms with Crippen LogP contribution in [0.1, 0.15) is 30.4 Å². The number of ketones is 1. The van der Waals surface area contributed by atoms with Crippen LogP contribution in [0.3, 0.4) is 0 Å². The second kappa shape index (κ2) is 4.73. The van der Waals surface area contributed by atoms with Crippen LogP contribution in [-0.2, 0) is 9.59 Å². The van der Waals surface area contributed by atoms with Crippen LogP contribution in [0.4, 0.5) is 0 Å². The topological polar surface area (TPSA) is 54.4 Å². The molecular formula is C12H14O3. The quantitative estimate of drug-likeness (QED) is 0.768. The number of carboxylic acid groups (broad SMARTS) is 1. The molecule has 0 aliphatic carbocycles. The molecule has 1 aromatic carbocycles. The molecule has 1 N–H and O–H groups in total. The monoisotopic (exact) mass is 206 g/mol. The van der Waals surface area contributed by atoms with Gasteiger partial charge in [0, 0.05) is 6.42 Å². The Balaban J connectivity index is 3.10. The van der Waals surface area contributed by atoms with E-state index in [4.69, 9.17) is 5.11 Å². The highest BCUT2D eigenvalue weighted by Crippen LogP contribution is 2.19. The number of hydrogen-bond acceptors (Lipinski definition) is 2. The minimum absolute atomic E-state index is 0.241. The number of carboxylic acids is 1. The van der Waals surface area contributed by atoms with Crippen molar-refractivity contribution in [3.8, 4) is 0 Å². The van der Waals surface area contributed by atoms with Gasteiger partial charge in [0.15, 0.2) is 5.78 Å². The first kappa shape index (κ1) is 11.4. The van der Waals surface area contributed by atoms with Crippen molar-refractivity contribution >= 4 is 11.8 Å².